The molecule has 0 bridgehead atoms. The normalized spacial score (nSPS) is 10.0. The highest BCUT2D eigenvalue weighted by molar-refractivity contribution is 6.05. The van der Waals surface area contributed by atoms with Crippen LogP contribution in [0.15, 0.2) is 67.3 Å². The molecule has 2 nitrogen and oxygen atoms in total. The lowest BCUT2D eigenvalue weighted by molar-refractivity contribution is -0.112. The van der Waals surface area contributed by atoms with E-state index < -0.39 is 11.7 Å². The van der Waals surface area contributed by atoms with Crippen LogP contribution in [0.2, 0.25) is 0 Å². The van der Waals surface area contributed by atoms with E-state index in [1.165, 1.54) is 6.07 Å². The minimum atomic E-state index is -0.501. The number of rotatable bonds is 4. The van der Waals surface area contributed by atoms with Crippen molar-refractivity contribution in [1.82, 2.24) is 0 Å². The highest BCUT2D eigenvalue weighted by atomic mass is 19.1. The van der Waals surface area contributed by atoms with Crippen molar-refractivity contribution in [2.75, 3.05) is 5.32 Å². The molecule has 3 heteroatoms. The van der Waals surface area contributed by atoms with Gasteiger partial charge in [-0.2, -0.15) is 0 Å². The van der Waals surface area contributed by atoms with Gasteiger partial charge in [0.15, 0.2) is 0 Å². The van der Waals surface area contributed by atoms with Crippen LogP contribution >= 0.6 is 0 Å². The van der Waals surface area contributed by atoms with Gasteiger partial charge in [-0.15, -0.1) is 0 Å². The van der Waals surface area contributed by atoms with E-state index in [2.05, 4.69) is 18.5 Å². The van der Waals surface area contributed by atoms with Gasteiger partial charge in [0, 0.05) is 11.1 Å². The number of benzene rings is 2. The summed E-state index contributed by atoms with van der Waals surface area (Å²) in [5.74, 6) is -0.915. The molecule has 0 saturated heterocycles. The maximum atomic E-state index is 14.1. The van der Waals surface area contributed by atoms with E-state index >= 15 is 0 Å². The van der Waals surface area contributed by atoms with Gasteiger partial charge in [-0.3, -0.25) is 4.79 Å². The largest absolute Gasteiger partial charge is 0.319 e. The Kier molecular flexibility index (Phi) is 4.33. The number of hydrogen-bond acceptors (Lipinski definition) is 1. The van der Waals surface area contributed by atoms with E-state index in [1.807, 2.05) is 30.3 Å². The molecule has 2 aromatic carbocycles. The second-order valence-corrected chi connectivity index (χ2v) is 4.74. The number of hydrogen-bond donors (Lipinski definition) is 1. The van der Waals surface area contributed by atoms with Crippen LogP contribution in [0.3, 0.4) is 0 Å². The lowest BCUT2D eigenvalue weighted by Crippen LogP contribution is -2.14. The first kappa shape index (κ1) is 14.7. The highest BCUT2D eigenvalue weighted by Crippen LogP contribution is 2.30. The third-order valence-electron chi connectivity index (χ3n) is 3.09. The summed E-state index contributed by atoms with van der Waals surface area (Å²) in [6.45, 7) is 9.14. The SMILES string of the molecule is C=C(C)C(=O)Nc1c(F)cccc1C(=C)c1ccccc1. The van der Waals surface area contributed by atoms with Crippen LogP contribution in [0, 0.1) is 5.82 Å². The molecule has 0 fully saturated rings. The van der Waals surface area contributed by atoms with Crippen LogP contribution in [0.5, 0.6) is 0 Å². The van der Waals surface area contributed by atoms with E-state index in [1.54, 1.807) is 19.1 Å². The second kappa shape index (κ2) is 6.18. The van der Waals surface area contributed by atoms with Crippen molar-refractivity contribution in [2.45, 2.75) is 6.92 Å². The van der Waals surface area contributed by atoms with Gasteiger partial charge in [0.2, 0.25) is 0 Å². The monoisotopic (exact) mass is 281 g/mol. The molecule has 2 aromatic rings. The number of amides is 1. The van der Waals surface area contributed by atoms with Gasteiger partial charge >= 0.3 is 0 Å². The maximum Gasteiger partial charge on any atom is 0.250 e. The van der Waals surface area contributed by atoms with Crippen LogP contribution in [0.25, 0.3) is 5.57 Å². The molecule has 21 heavy (non-hydrogen) atoms. The fourth-order valence-electron chi connectivity index (χ4n) is 1.92. The molecule has 0 aromatic heterocycles. The summed E-state index contributed by atoms with van der Waals surface area (Å²) in [6, 6.07) is 14.1. The number of carbonyl (C=O) groups excluding carboxylic acids is 1. The minimum absolute atomic E-state index is 0.124. The summed E-state index contributed by atoms with van der Waals surface area (Å²) in [4.78, 5) is 11.8. The summed E-state index contributed by atoms with van der Waals surface area (Å²) in [5.41, 5.74) is 2.51. The number of carbonyl (C=O) groups is 1. The fraction of sp³-hybridized carbons (Fsp3) is 0.0556. The molecule has 0 atom stereocenters. The lowest BCUT2D eigenvalue weighted by atomic mass is 9.97. The second-order valence-electron chi connectivity index (χ2n) is 4.74. The van der Waals surface area contributed by atoms with Gasteiger partial charge < -0.3 is 5.32 Å². The van der Waals surface area contributed by atoms with Gasteiger partial charge in [-0.05, 0) is 24.1 Å². The molecule has 1 N–H and O–H groups in total. The number of anilines is 1. The first-order valence-electron chi connectivity index (χ1n) is 6.50. The predicted molar refractivity (Wildman–Crippen MR) is 84.4 cm³/mol. The fourth-order valence-corrected chi connectivity index (χ4v) is 1.92. The van der Waals surface area contributed by atoms with E-state index in [9.17, 15) is 9.18 Å². The molecule has 106 valence electrons. The Balaban J connectivity index is 2.45. The predicted octanol–water partition coefficient (Wildman–Crippen LogP) is 4.40. The maximum absolute atomic E-state index is 14.1. The average Bonchev–Trinajstić information content (AvgIpc) is 2.49. The summed E-state index contributed by atoms with van der Waals surface area (Å²) in [6.07, 6.45) is 0. The van der Waals surface area contributed by atoms with E-state index in [4.69, 9.17) is 0 Å². The Morgan fingerprint density at radius 1 is 1.05 bits per heavy atom. The van der Waals surface area contributed by atoms with E-state index in [0.29, 0.717) is 16.7 Å². The van der Waals surface area contributed by atoms with Crippen molar-refractivity contribution < 1.29 is 9.18 Å². The lowest BCUT2D eigenvalue weighted by Gasteiger charge is -2.14. The van der Waals surface area contributed by atoms with Gasteiger partial charge in [0.25, 0.3) is 5.91 Å². The molecule has 0 aliphatic heterocycles. The quantitative estimate of drug-likeness (QED) is 0.827. The average molecular weight is 281 g/mol. The van der Waals surface area contributed by atoms with Crippen molar-refractivity contribution in [2.24, 2.45) is 0 Å². The van der Waals surface area contributed by atoms with Crippen molar-refractivity contribution in [1.29, 1.82) is 0 Å². The van der Waals surface area contributed by atoms with Gasteiger partial charge in [0.05, 0.1) is 5.69 Å². The smallest absolute Gasteiger partial charge is 0.250 e. The number of para-hydroxylation sites is 1. The molecule has 1 amide bonds. The first-order valence-corrected chi connectivity index (χ1v) is 6.50. The number of nitrogens with one attached hydrogen (secondary N) is 1. The Morgan fingerprint density at radius 3 is 2.33 bits per heavy atom. The van der Waals surface area contributed by atoms with E-state index in [-0.39, 0.29) is 5.69 Å². The molecule has 0 saturated carbocycles. The van der Waals surface area contributed by atoms with Crippen LogP contribution < -0.4 is 5.32 Å². The molecular formula is C18H16FNO. The van der Waals surface area contributed by atoms with Crippen LogP contribution in [-0.2, 0) is 4.79 Å². The molecule has 0 radical (unpaired) electrons. The molecule has 0 heterocycles. The van der Waals surface area contributed by atoms with Crippen molar-refractivity contribution in [3.05, 3.63) is 84.2 Å². The molecule has 0 unspecified atom stereocenters. The van der Waals surface area contributed by atoms with E-state index in [0.717, 1.165) is 5.56 Å². The summed E-state index contributed by atoms with van der Waals surface area (Å²) in [5, 5.41) is 2.55. The Morgan fingerprint density at radius 2 is 1.71 bits per heavy atom. The van der Waals surface area contributed by atoms with Crippen LogP contribution in [0.1, 0.15) is 18.1 Å². The Labute approximate surface area is 123 Å². The van der Waals surface area contributed by atoms with Crippen molar-refractivity contribution in [3.63, 3.8) is 0 Å². The van der Waals surface area contributed by atoms with Crippen LogP contribution in [0.4, 0.5) is 10.1 Å². The zero-order valence-electron chi connectivity index (χ0n) is 11.8. The summed E-state index contributed by atoms with van der Waals surface area (Å²) < 4.78 is 14.1. The van der Waals surface area contributed by atoms with Crippen LogP contribution in [-0.4, -0.2) is 5.91 Å². The molecule has 2 rings (SSSR count). The molecule has 0 spiro atoms. The zero-order valence-corrected chi connectivity index (χ0v) is 11.8. The Hall–Kier alpha value is -2.68. The Bertz CT molecular complexity index is 704. The topological polar surface area (TPSA) is 29.1 Å². The van der Waals surface area contributed by atoms with Crippen molar-refractivity contribution in [3.8, 4) is 0 Å². The standard InChI is InChI=1S/C18H16FNO/c1-12(2)18(21)20-17-15(10-7-11-16(17)19)13(3)14-8-5-4-6-9-14/h4-11H,1,3H2,2H3,(H,20,21). The summed E-state index contributed by atoms with van der Waals surface area (Å²) in [7, 11) is 0. The third kappa shape index (κ3) is 3.26. The summed E-state index contributed by atoms with van der Waals surface area (Å²) >= 11 is 0. The highest BCUT2D eigenvalue weighted by Gasteiger charge is 2.15. The third-order valence-corrected chi connectivity index (χ3v) is 3.09. The zero-order chi connectivity index (χ0) is 15.4. The minimum Gasteiger partial charge on any atom is -0.319 e. The van der Waals surface area contributed by atoms with Gasteiger partial charge in [-0.25, -0.2) is 4.39 Å². The number of halogens is 1. The van der Waals surface area contributed by atoms with Gasteiger partial charge in [-0.1, -0.05) is 55.6 Å². The van der Waals surface area contributed by atoms with Gasteiger partial charge in [0.1, 0.15) is 5.82 Å². The first-order chi connectivity index (χ1) is 10.0. The molecular weight excluding hydrogens is 265 g/mol. The molecule has 0 aliphatic rings. The molecule has 0 aliphatic carbocycles. The van der Waals surface area contributed by atoms with Crippen molar-refractivity contribution >= 4 is 17.2 Å².